The van der Waals surface area contributed by atoms with Gasteiger partial charge in [0, 0.05) is 11.2 Å². The molecule has 0 aliphatic heterocycles. The van der Waals surface area contributed by atoms with Gasteiger partial charge in [-0.15, -0.1) is 0 Å². The molecule has 0 spiro atoms. The number of hydrogen-bond acceptors (Lipinski definition) is 3. The highest BCUT2D eigenvalue weighted by atomic mass is 79.9. The normalized spacial score (nSPS) is 11.3. The van der Waals surface area contributed by atoms with Gasteiger partial charge in [-0.2, -0.15) is 0 Å². The predicted molar refractivity (Wildman–Crippen MR) is 74.2 cm³/mol. The Labute approximate surface area is 122 Å². The van der Waals surface area contributed by atoms with Gasteiger partial charge in [-0.25, -0.2) is 17.8 Å². The van der Waals surface area contributed by atoms with E-state index < -0.39 is 20.7 Å². The first-order valence-electron chi connectivity index (χ1n) is 4.98. The van der Waals surface area contributed by atoms with Crippen molar-refractivity contribution < 1.29 is 12.8 Å². The Morgan fingerprint density at radius 1 is 1.32 bits per heavy atom. The minimum Gasteiger partial charge on any atom is -0.277 e. The lowest BCUT2D eigenvalue weighted by Crippen LogP contribution is -2.15. The van der Waals surface area contributed by atoms with E-state index in [0.717, 1.165) is 12.1 Å². The van der Waals surface area contributed by atoms with Crippen LogP contribution in [0.2, 0.25) is 5.02 Å². The third-order valence-corrected chi connectivity index (χ3v) is 4.45. The summed E-state index contributed by atoms with van der Waals surface area (Å²) in [7, 11) is -4.04. The third-order valence-electron chi connectivity index (χ3n) is 2.19. The van der Waals surface area contributed by atoms with Crippen molar-refractivity contribution in [1.29, 1.82) is 0 Å². The Morgan fingerprint density at radius 3 is 2.68 bits per heavy atom. The molecule has 1 aromatic heterocycles. The Balaban J connectivity index is 2.41. The lowest BCUT2D eigenvalue weighted by atomic mass is 10.3. The van der Waals surface area contributed by atoms with Crippen molar-refractivity contribution in [2.75, 3.05) is 4.72 Å². The second kappa shape index (κ2) is 5.44. The number of anilines is 1. The SMILES string of the molecule is O=S(=O)(Nc1cccnc1Br)c1ccc(Cl)cc1F. The van der Waals surface area contributed by atoms with Gasteiger partial charge in [-0.3, -0.25) is 4.72 Å². The molecule has 0 bridgehead atoms. The zero-order chi connectivity index (χ0) is 14.0. The Bertz CT molecular complexity index is 724. The molecule has 1 aromatic carbocycles. The highest BCUT2D eigenvalue weighted by molar-refractivity contribution is 9.10. The van der Waals surface area contributed by atoms with E-state index in [1.54, 1.807) is 6.07 Å². The number of pyridine rings is 1. The number of nitrogens with zero attached hydrogens (tertiary/aromatic N) is 1. The summed E-state index contributed by atoms with van der Waals surface area (Å²) in [5.74, 6) is -0.917. The van der Waals surface area contributed by atoms with Crippen molar-refractivity contribution >= 4 is 43.2 Å². The molecule has 0 aliphatic carbocycles. The molecule has 0 atom stereocenters. The molecule has 8 heteroatoms. The fraction of sp³-hybridized carbons (Fsp3) is 0. The van der Waals surface area contributed by atoms with Gasteiger partial charge in [0.2, 0.25) is 0 Å². The van der Waals surface area contributed by atoms with Crippen molar-refractivity contribution in [2.24, 2.45) is 0 Å². The van der Waals surface area contributed by atoms with Crippen molar-refractivity contribution in [2.45, 2.75) is 4.90 Å². The van der Waals surface area contributed by atoms with E-state index in [2.05, 4.69) is 25.6 Å². The zero-order valence-electron chi connectivity index (χ0n) is 9.27. The maximum atomic E-state index is 13.6. The van der Waals surface area contributed by atoms with Crippen LogP contribution in [-0.4, -0.2) is 13.4 Å². The fourth-order valence-corrected chi connectivity index (χ4v) is 3.12. The summed E-state index contributed by atoms with van der Waals surface area (Å²) in [5.41, 5.74) is 0.219. The molecular weight excluding hydrogens is 359 g/mol. The van der Waals surface area contributed by atoms with Crippen LogP contribution in [0.15, 0.2) is 46.0 Å². The number of aromatic nitrogens is 1. The van der Waals surface area contributed by atoms with Gasteiger partial charge in [-0.1, -0.05) is 11.6 Å². The predicted octanol–water partition coefficient (Wildman–Crippen LogP) is 3.44. The number of sulfonamides is 1. The molecule has 100 valence electrons. The quantitative estimate of drug-likeness (QED) is 0.848. The van der Waals surface area contributed by atoms with E-state index in [9.17, 15) is 12.8 Å². The van der Waals surface area contributed by atoms with Crippen LogP contribution in [0.4, 0.5) is 10.1 Å². The van der Waals surface area contributed by atoms with Crippen LogP contribution < -0.4 is 4.72 Å². The Hall–Kier alpha value is -1.18. The van der Waals surface area contributed by atoms with E-state index in [1.807, 2.05) is 0 Å². The molecule has 0 radical (unpaired) electrons. The molecule has 0 saturated heterocycles. The molecule has 0 unspecified atom stereocenters. The van der Waals surface area contributed by atoms with Crippen molar-refractivity contribution in [3.05, 3.63) is 52.0 Å². The highest BCUT2D eigenvalue weighted by Gasteiger charge is 2.20. The van der Waals surface area contributed by atoms with E-state index in [4.69, 9.17) is 11.6 Å². The van der Waals surface area contributed by atoms with E-state index in [1.165, 1.54) is 18.3 Å². The fourth-order valence-electron chi connectivity index (χ4n) is 1.36. The van der Waals surface area contributed by atoms with Crippen LogP contribution in [-0.2, 0) is 10.0 Å². The van der Waals surface area contributed by atoms with Gasteiger partial charge in [0.15, 0.2) is 0 Å². The Kier molecular flexibility index (Phi) is 4.07. The van der Waals surface area contributed by atoms with Crippen molar-refractivity contribution in [1.82, 2.24) is 4.98 Å². The summed E-state index contributed by atoms with van der Waals surface area (Å²) in [6, 6.07) is 6.40. The van der Waals surface area contributed by atoms with Crippen LogP contribution in [0, 0.1) is 5.82 Å². The molecule has 0 fully saturated rings. The van der Waals surface area contributed by atoms with Gasteiger partial charge in [-0.05, 0) is 46.3 Å². The second-order valence-corrected chi connectivity index (χ2v) is 6.36. The summed E-state index contributed by atoms with van der Waals surface area (Å²) in [4.78, 5) is 3.39. The lowest BCUT2D eigenvalue weighted by Gasteiger charge is -2.09. The lowest BCUT2D eigenvalue weighted by molar-refractivity contribution is 0.570. The topological polar surface area (TPSA) is 59.1 Å². The largest absolute Gasteiger partial charge is 0.277 e. The summed E-state index contributed by atoms with van der Waals surface area (Å²) >= 11 is 8.68. The number of nitrogens with one attached hydrogen (secondary N) is 1. The first kappa shape index (κ1) is 14.2. The zero-order valence-corrected chi connectivity index (χ0v) is 12.4. The smallest absolute Gasteiger partial charge is 0.264 e. The van der Waals surface area contributed by atoms with Crippen LogP contribution in [0.25, 0.3) is 0 Å². The molecule has 1 N–H and O–H groups in total. The van der Waals surface area contributed by atoms with Gasteiger partial charge < -0.3 is 0 Å². The van der Waals surface area contributed by atoms with E-state index in [0.29, 0.717) is 4.60 Å². The first-order chi connectivity index (χ1) is 8.90. The monoisotopic (exact) mass is 364 g/mol. The van der Waals surface area contributed by atoms with Crippen LogP contribution >= 0.6 is 27.5 Å². The van der Waals surface area contributed by atoms with Crippen molar-refractivity contribution in [3.8, 4) is 0 Å². The number of benzene rings is 1. The maximum Gasteiger partial charge on any atom is 0.264 e. The molecule has 19 heavy (non-hydrogen) atoms. The third kappa shape index (κ3) is 3.23. The van der Waals surface area contributed by atoms with E-state index in [-0.39, 0.29) is 10.7 Å². The molecule has 2 rings (SSSR count). The average molecular weight is 366 g/mol. The molecule has 2 aromatic rings. The number of halogens is 3. The van der Waals surface area contributed by atoms with Gasteiger partial charge in [0.25, 0.3) is 10.0 Å². The standard InChI is InChI=1S/C11H7BrClFN2O2S/c12-11-9(2-1-5-15-11)16-19(17,18)10-4-3-7(13)6-8(10)14/h1-6,16H. The van der Waals surface area contributed by atoms with Crippen LogP contribution in [0.5, 0.6) is 0 Å². The molecule has 1 heterocycles. The van der Waals surface area contributed by atoms with Crippen LogP contribution in [0.3, 0.4) is 0 Å². The van der Waals surface area contributed by atoms with E-state index >= 15 is 0 Å². The first-order valence-corrected chi connectivity index (χ1v) is 7.64. The summed E-state index contributed by atoms with van der Waals surface area (Å²) in [6.07, 6.45) is 1.49. The molecule has 0 aliphatic rings. The highest BCUT2D eigenvalue weighted by Crippen LogP contribution is 2.24. The van der Waals surface area contributed by atoms with Gasteiger partial charge in [0.05, 0.1) is 5.69 Å². The second-order valence-electron chi connectivity index (χ2n) is 3.52. The van der Waals surface area contributed by atoms with Crippen molar-refractivity contribution in [3.63, 3.8) is 0 Å². The summed E-state index contributed by atoms with van der Waals surface area (Å²) in [5, 5.41) is 0.124. The summed E-state index contributed by atoms with van der Waals surface area (Å²) in [6.45, 7) is 0. The molecule has 0 saturated carbocycles. The number of hydrogen-bond donors (Lipinski definition) is 1. The molecular formula is C11H7BrClFN2O2S. The minimum atomic E-state index is -4.04. The number of rotatable bonds is 3. The minimum absolute atomic E-state index is 0.124. The Morgan fingerprint density at radius 2 is 2.05 bits per heavy atom. The maximum absolute atomic E-state index is 13.6. The molecule has 0 amide bonds. The van der Waals surface area contributed by atoms with Gasteiger partial charge in [0.1, 0.15) is 15.3 Å². The average Bonchev–Trinajstić information content (AvgIpc) is 2.31. The van der Waals surface area contributed by atoms with Gasteiger partial charge >= 0.3 is 0 Å². The van der Waals surface area contributed by atoms with Crippen LogP contribution in [0.1, 0.15) is 0 Å². The molecule has 4 nitrogen and oxygen atoms in total. The summed E-state index contributed by atoms with van der Waals surface area (Å²) < 4.78 is 40.3.